The van der Waals surface area contributed by atoms with Gasteiger partial charge in [-0.2, -0.15) is 0 Å². The first-order valence-electron chi connectivity index (χ1n) is 10.4. The molecule has 0 saturated carbocycles. The van der Waals surface area contributed by atoms with Gasteiger partial charge in [-0.1, -0.05) is 37.6 Å². The third-order valence-electron chi connectivity index (χ3n) is 5.46. The molecule has 1 aromatic carbocycles. The van der Waals surface area contributed by atoms with Crippen LogP contribution in [0.5, 0.6) is 0 Å². The second-order valence-corrected chi connectivity index (χ2v) is 10.3. The van der Waals surface area contributed by atoms with E-state index in [-0.39, 0.29) is 16.8 Å². The van der Waals surface area contributed by atoms with E-state index in [4.69, 9.17) is 0 Å². The third-order valence-corrected chi connectivity index (χ3v) is 7.03. The SMILES string of the molecule is C=CCN1CCN([C@H](CC(C)C)c2nnnn2CS(=O)(=O)c2ccc(C)cc2)CC1. The second kappa shape index (κ2) is 9.80. The lowest BCUT2D eigenvalue weighted by Gasteiger charge is -2.39. The van der Waals surface area contributed by atoms with Crippen LogP contribution < -0.4 is 0 Å². The maximum absolute atomic E-state index is 13.0. The Balaban J connectivity index is 1.82. The zero-order valence-electron chi connectivity index (χ0n) is 18.1. The molecule has 1 aliphatic heterocycles. The van der Waals surface area contributed by atoms with Crippen LogP contribution in [0.25, 0.3) is 0 Å². The van der Waals surface area contributed by atoms with Crippen LogP contribution in [-0.4, -0.2) is 71.1 Å². The number of hydrogen-bond donors (Lipinski definition) is 0. The van der Waals surface area contributed by atoms with Crippen molar-refractivity contribution in [3.8, 4) is 0 Å². The molecule has 8 nitrogen and oxygen atoms in total. The molecule has 2 heterocycles. The average molecular weight is 433 g/mol. The van der Waals surface area contributed by atoms with E-state index in [1.165, 1.54) is 4.68 Å². The minimum atomic E-state index is -3.55. The summed E-state index contributed by atoms with van der Waals surface area (Å²) < 4.78 is 27.4. The third kappa shape index (κ3) is 5.53. The number of nitrogens with zero attached hydrogens (tertiary/aromatic N) is 6. The molecule has 9 heteroatoms. The topological polar surface area (TPSA) is 84.2 Å². The number of sulfone groups is 1. The average Bonchev–Trinajstić information content (AvgIpc) is 3.14. The largest absolute Gasteiger partial charge is 0.297 e. The van der Waals surface area contributed by atoms with E-state index in [9.17, 15) is 8.42 Å². The molecule has 0 bridgehead atoms. The highest BCUT2D eigenvalue weighted by Gasteiger charge is 2.31. The molecule has 0 amide bonds. The summed E-state index contributed by atoms with van der Waals surface area (Å²) in [5, 5.41) is 12.1. The number of aromatic nitrogens is 4. The Kier molecular flexibility index (Phi) is 7.38. The minimum Gasteiger partial charge on any atom is -0.297 e. The van der Waals surface area contributed by atoms with Crippen LogP contribution in [0.3, 0.4) is 0 Å². The molecule has 1 atom stereocenters. The summed E-state index contributed by atoms with van der Waals surface area (Å²) in [6, 6.07) is 6.87. The van der Waals surface area contributed by atoms with Crippen LogP contribution in [0.15, 0.2) is 41.8 Å². The fourth-order valence-electron chi connectivity index (χ4n) is 3.83. The second-order valence-electron chi connectivity index (χ2n) is 8.36. The summed E-state index contributed by atoms with van der Waals surface area (Å²) in [6.07, 6.45) is 2.80. The molecule has 0 aliphatic carbocycles. The molecule has 2 aromatic rings. The predicted octanol–water partition coefficient (Wildman–Crippen LogP) is 2.30. The van der Waals surface area contributed by atoms with Gasteiger partial charge in [-0.25, -0.2) is 13.1 Å². The molecule has 0 spiro atoms. The Morgan fingerprint density at radius 2 is 1.80 bits per heavy atom. The van der Waals surface area contributed by atoms with Crippen molar-refractivity contribution in [1.82, 2.24) is 30.0 Å². The quantitative estimate of drug-likeness (QED) is 0.562. The van der Waals surface area contributed by atoms with Crippen LogP contribution >= 0.6 is 0 Å². The molecular formula is C21H32N6O2S. The standard InChI is InChI=1S/C21H32N6O2S/c1-5-10-25-11-13-26(14-12-25)20(15-17(2)3)21-22-23-24-27(21)16-30(28,29)19-8-6-18(4)7-9-19/h5-9,17,20H,1,10-16H2,2-4H3/t20-/m1/s1. The monoisotopic (exact) mass is 432 g/mol. The number of piperazine rings is 1. The molecule has 1 saturated heterocycles. The van der Waals surface area contributed by atoms with Crippen molar-refractivity contribution in [2.24, 2.45) is 5.92 Å². The smallest absolute Gasteiger partial charge is 0.198 e. The van der Waals surface area contributed by atoms with Crippen molar-refractivity contribution in [3.63, 3.8) is 0 Å². The maximum Gasteiger partial charge on any atom is 0.198 e. The van der Waals surface area contributed by atoms with E-state index >= 15 is 0 Å². The first kappa shape index (κ1) is 22.6. The summed E-state index contributed by atoms with van der Waals surface area (Å²) in [6.45, 7) is 14.6. The van der Waals surface area contributed by atoms with E-state index in [0.29, 0.717) is 11.7 Å². The van der Waals surface area contributed by atoms with Crippen molar-refractivity contribution in [1.29, 1.82) is 0 Å². The highest BCUT2D eigenvalue weighted by Crippen LogP contribution is 2.28. The van der Waals surface area contributed by atoms with Gasteiger partial charge in [0.25, 0.3) is 0 Å². The highest BCUT2D eigenvalue weighted by molar-refractivity contribution is 7.90. The summed E-state index contributed by atoms with van der Waals surface area (Å²) >= 11 is 0. The number of rotatable bonds is 9. The zero-order chi connectivity index (χ0) is 21.7. The zero-order valence-corrected chi connectivity index (χ0v) is 18.9. The first-order valence-corrected chi connectivity index (χ1v) is 12.1. The van der Waals surface area contributed by atoms with Crippen LogP contribution in [0, 0.1) is 12.8 Å². The number of hydrogen-bond acceptors (Lipinski definition) is 7. The fourth-order valence-corrected chi connectivity index (χ4v) is 5.03. The van der Waals surface area contributed by atoms with E-state index in [2.05, 4.69) is 45.8 Å². The van der Waals surface area contributed by atoms with E-state index in [0.717, 1.165) is 44.7 Å². The lowest BCUT2D eigenvalue weighted by molar-refractivity contribution is 0.0867. The lowest BCUT2D eigenvalue weighted by Crippen LogP contribution is -2.48. The van der Waals surface area contributed by atoms with Gasteiger partial charge in [0.1, 0.15) is 0 Å². The van der Waals surface area contributed by atoms with Gasteiger partial charge in [-0.05, 0) is 41.8 Å². The molecule has 0 unspecified atom stereocenters. The summed E-state index contributed by atoms with van der Waals surface area (Å²) in [5.41, 5.74) is 1.02. The van der Waals surface area contributed by atoms with Crippen molar-refractivity contribution in [2.45, 2.75) is 44.0 Å². The number of tetrazole rings is 1. The molecule has 1 aromatic heterocycles. The Morgan fingerprint density at radius 3 is 2.40 bits per heavy atom. The van der Waals surface area contributed by atoms with Crippen LogP contribution in [0.2, 0.25) is 0 Å². The minimum absolute atomic E-state index is 0.0147. The lowest BCUT2D eigenvalue weighted by atomic mass is 10.0. The number of benzene rings is 1. The molecule has 0 radical (unpaired) electrons. The molecule has 164 valence electrons. The van der Waals surface area contributed by atoms with Crippen molar-refractivity contribution >= 4 is 9.84 Å². The van der Waals surface area contributed by atoms with Crippen LogP contribution in [-0.2, 0) is 15.7 Å². The highest BCUT2D eigenvalue weighted by atomic mass is 32.2. The van der Waals surface area contributed by atoms with Crippen molar-refractivity contribution in [3.05, 3.63) is 48.3 Å². The van der Waals surface area contributed by atoms with E-state index in [1.807, 2.05) is 13.0 Å². The van der Waals surface area contributed by atoms with E-state index < -0.39 is 9.84 Å². The van der Waals surface area contributed by atoms with Gasteiger partial charge < -0.3 is 0 Å². The van der Waals surface area contributed by atoms with E-state index in [1.54, 1.807) is 24.3 Å². The van der Waals surface area contributed by atoms with Gasteiger partial charge in [0.2, 0.25) is 0 Å². The van der Waals surface area contributed by atoms with Gasteiger partial charge in [0, 0.05) is 32.7 Å². The Hall–Kier alpha value is -2.10. The molecule has 30 heavy (non-hydrogen) atoms. The molecule has 1 aliphatic rings. The van der Waals surface area contributed by atoms with Gasteiger partial charge in [-0.15, -0.1) is 11.7 Å². The molecule has 1 fully saturated rings. The molecular weight excluding hydrogens is 400 g/mol. The first-order chi connectivity index (χ1) is 14.3. The Morgan fingerprint density at radius 1 is 1.13 bits per heavy atom. The normalized spacial score (nSPS) is 17.3. The van der Waals surface area contributed by atoms with Crippen molar-refractivity contribution < 1.29 is 8.42 Å². The summed E-state index contributed by atoms with van der Waals surface area (Å²) in [4.78, 5) is 5.02. The summed E-state index contributed by atoms with van der Waals surface area (Å²) in [7, 11) is -3.55. The van der Waals surface area contributed by atoms with Crippen LogP contribution in [0.4, 0.5) is 0 Å². The van der Waals surface area contributed by atoms with Crippen molar-refractivity contribution in [2.75, 3.05) is 32.7 Å². The summed E-state index contributed by atoms with van der Waals surface area (Å²) in [5.74, 6) is 0.792. The van der Waals surface area contributed by atoms with Crippen LogP contribution in [0.1, 0.15) is 37.7 Å². The van der Waals surface area contributed by atoms with Gasteiger partial charge in [0.15, 0.2) is 21.5 Å². The van der Waals surface area contributed by atoms with Gasteiger partial charge >= 0.3 is 0 Å². The van der Waals surface area contributed by atoms with Gasteiger partial charge in [-0.3, -0.25) is 9.80 Å². The molecule has 3 rings (SSSR count). The Bertz CT molecular complexity index is 931. The fraction of sp³-hybridized carbons (Fsp3) is 0.571. The van der Waals surface area contributed by atoms with Gasteiger partial charge in [0.05, 0.1) is 10.9 Å². The molecule has 0 N–H and O–H groups in total. The number of aryl methyl sites for hydroxylation is 1. The maximum atomic E-state index is 13.0. The Labute approximate surface area is 179 Å². The predicted molar refractivity (Wildman–Crippen MR) is 117 cm³/mol.